The molecule has 0 saturated heterocycles. The Kier molecular flexibility index (Phi) is 3.30. The summed E-state index contributed by atoms with van der Waals surface area (Å²) in [6.45, 7) is 0.713. The molecular weight excluding hydrogens is 262 g/mol. The number of nitrogens with zero attached hydrogens (tertiary/aromatic N) is 1. The van der Waals surface area contributed by atoms with Gasteiger partial charge in [-0.1, -0.05) is 11.6 Å². The number of benzene rings is 1. The highest BCUT2D eigenvalue weighted by molar-refractivity contribution is 6.30. The molecule has 0 unspecified atom stereocenters. The predicted molar refractivity (Wildman–Crippen MR) is 72.5 cm³/mol. The van der Waals surface area contributed by atoms with Crippen molar-refractivity contribution in [1.29, 1.82) is 0 Å². The third-order valence-electron chi connectivity index (χ3n) is 3.23. The highest BCUT2D eigenvalue weighted by atomic mass is 35.5. The molecule has 1 aromatic heterocycles. The van der Waals surface area contributed by atoms with Gasteiger partial charge in [0.1, 0.15) is 0 Å². The maximum Gasteiger partial charge on any atom is 0.305 e. The Bertz CT molecular complexity index is 579. The molecule has 0 atom stereocenters. The minimum absolute atomic E-state index is 0.653. The second-order valence-electron chi connectivity index (χ2n) is 4.83. The van der Waals surface area contributed by atoms with Crippen LogP contribution >= 0.6 is 11.6 Å². The van der Waals surface area contributed by atoms with Crippen molar-refractivity contribution in [2.45, 2.75) is 12.8 Å². The fourth-order valence-electron chi connectivity index (χ4n) is 1.97. The third kappa shape index (κ3) is 2.82. The van der Waals surface area contributed by atoms with E-state index in [4.69, 9.17) is 16.3 Å². The lowest BCUT2D eigenvalue weighted by Crippen LogP contribution is -2.32. The van der Waals surface area contributed by atoms with E-state index in [1.165, 1.54) is 12.8 Å². The van der Waals surface area contributed by atoms with Gasteiger partial charge in [0.25, 0.3) is 0 Å². The molecule has 3 nitrogen and oxygen atoms in total. The lowest BCUT2D eigenvalue weighted by molar-refractivity contribution is -0.896. The van der Waals surface area contributed by atoms with Crippen LogP contribution in [0.3, 0.4) is 0 Å². The van der Waals surface area contributed by atoms with Gasteiger partial charge < -0.3 is 4.74 Å². The number of halogens is 1. The standard InChI is InChI=1S/C15H15ClNO2/c16-13-7-5-12(6-8-13)15-14(2-1-9-17(15)18)19-10-11-3-4-11/h1-2,5-9,11,18H,3-4,10H2/q+1. The second kappa shape index (κ2) is 5.10. The van der Waals surface area contributed by atoms with E-state index >= 15 is 0 Å². The molecule has 0 spiro atoms. The summed E-state index contributed by atoms with van der Waals surface area (Å²) in [6.07, 6.45) is 4.07. The van der Waals surface area contributed by atoms with Crippen LogP contribution in [0, 0.1) is 5.92 Å². The van der Waals surface area contributed by atoms with Crippen LogP contribution in [0.4, 0.5) is 0 Å². The summed E-state index contributed by atoms with van der Waals surface area (Å²) >= 11 is 5.89. The van der Waals surface area contributed by atoms with Crippen LogP contribution in [0.2, 0.25) is 5.02 Å². The van der Waals surface area contributed by atoms with Crippen LogP contribution in [-0.2, 0) is 0 Å². The van der Waals surface area contributed by atoms with Gasteiger partial charge >= 0.3 is 5.69 Å². The summed E-state index contributed by atoms with van der Waals surface area (Å²) in [6, 6.07) is 11.0. The van der Waals surface area contributed by atoms with Crippen molar-refractivity contribution in [2.24, 2.45) is 5.92 Å². The summed E-state index contributed by atoms with van der Waals surface area (Å²) in [5.74, 6) is 1.37. The number of hydrogen-bond acceptors (Lipinski definition) is 2. The van der Waals surface area contributed by atoms with Crippen molar-refractivity contribution in [3.63, 3.8) is 0 Å². The topological polar surface area (TPSA) is 33.3 Å². The molecule has 0 bridgehead atoms. The SMILES string of the molecule is O[n+]1cccc(OCC2CC2)c1-c1ccc(Cl)cc1. The lowest BCUT2D eigenvalue weighted by Gasteiger charge is -2.07. The van der Waals surface area contributed by atoms with Crippen LogP contribution in [0.5, 0.6) is 5.75 Å². The maximum atomic E-state index is 10.00. The third-order valence-corrected chi connectivity index (χ3v) is 3.48. The first-order valence-corrected chi connectivity index (χ1v) is 6.74. The Labute approximate surface area is 117 Å². The molecule has 0 aliphatic heterocycles. The van der Waals surface area contributed by atoms with Gasteiger partial charge in [-0.05, 0) is 49.1 Å². The Morgan fingerprint density at radius 1 is 1.21 bits per heavy atom. The second-order valence-corrected chi connectivity index (χ2v) is 5.26. The Morgan fingerprint density at radius 2 is 1.95 bits per heavy atom. The number of aromatic nitrogens is 1. The lowest BCUT2D eigenvalue weighted by atomic mass is 10.1. The first kappa shape index (κ1) is 12.3. The molecular formula is C15H15ClNO2+. The molecule has 1 heterocycles. The minimum atomic E-state index is 0.653. The van der Waals surface area contributed by atoms with Gasteiger partial charge in [0.05, 0.1) is 12.2 Å². The zero-order valence-corrected chi connectivity index (χ0v) is 11.2. The molecule has 0 amide bonds. The maximum absolute atomic E-state index is 10.00. The fourth-order valence-corrected chi connectivity index (χ4v) is 2.10. The highest BCUT2D eigenvalue weighted by Crippen LogP contribution is 2.32. The monoisotopic (exact) mass is 276 g/mol. The van der Waals surface area contributed by atoms with Crippen molar-refractivity contribution in [2.75, 3.05) is 6.61 Å². The highest BCUT2D eigenvalue weighted by Gasteiger charge is 2.25. The van der Waals surface area contributed by atoms with Crippen molar-refractivity contribution < 1.29 is 14.7 Å². The van der Waals surface area contributed by atoms with E-state index in [0.717, 1.165) is 10.3 Å². The van der Waals surface area contributed by atoms with Crippen molar-refractivity contribution in [3.05, 3.63) is 47.6 Å². The molecule has 0 radical (unpaired) electrons. The van der Waals surface area contributed by atoms with Crippen LogP contribution in [0.1, 0.15) is 12.8 Å². The summed E-state index contributed by atoms with van der Waals surface area (Å²) < 4.78 is 6.90. The van der Waals surface area contributed by atoms with Crippen molar-refractivity contribution >= 4 is 11.6 Å². The van der Waals surface area contributed by atoms with Gasteiger partial charge in [-0.2, -0.15) is 0 Å². The number of hydrogen-bond donors (Lipinski definition) is 1. The molecule has 3 rings (SSSR count). The van der Waals surface area contributed by atoms with Gasteiger partial charge in [0.15, 0.2) is 5.75 Å². The summed E-state index contributed by atoms with van der Waals surface area (Å²) in [5.41, 5.74) is 1.53. The molecule has 1 aromatic carbocycles. The van der Waals surface area contributed by atoms with E-state index in [1.54, 1.807) is 24.4 Å². The normalized spacial score (nSPS) is 14.4. The van der Waals surface area contributed by atoms with Gasteiger partial charge in [-0.3, -0.25) is 5.21 Å². The number of pyridine rings is 1. The number of rotatable bonds is 4. The van der Waals surface area contributed by atoms with E-state index in [0.29, 0.717) is 29.0 Å². The van der Waals surface area contributed by atoms with Crippen molar-refractivity contribution in [3.8, 4) is 17.0 Å². The van der Waals surface area contributed by atoms with E-state index in [2.05, 4.69) is 0 Å². The summed E-state index contributed by atoms with van der Waals surface area (Å²) in [5, 5.41) is 10.7. The van der Waals surface area contributed by atoms with E-state index in [-0.39, 0.29) is 0 Å². The van der Waals surface area contributed by atoms with Crippen LogP contribution in [-0.4, -0.2) is 11.8 Å². The minimum Gasteiger partial charge on any atom is -0.487 e. The van der Waals surface area contributed by atoms with Crippen LogP contribution < -0.4 is 9.47 Å². The average Bonchev–Trinajstić information content (AvgIpc) is 3.22. The molecule has 1 N–H and O–H groups in total. The van der Waals surface area contributed by atoms with Crippen LogP contribution in [0.15, 0.2) is 42.6 Å². The van der Waals surface area contributed by atoms with Gasteiger partial charge in [-0.25, -0.2) is 0 Å². The van der Waals surface area contributed by atoms with E-state index < -0.39 is 0 Å². The Balaban J connectivity index is 1.94. The van der Waals surface area contributed by atoms with Crippen molar-refractivity contribution in [1.82, 2.24) is 0 Å². The van der Waals surface area contributed by atoms with E-state index in [9.17, 15) is 5.21 Å². The zero-order chi connectivity index (χ0) is 13.2. The predicted octanol–water partition coefficient (Wildman–Crippen LogP) is 3.32. The van der Waals surface area contributed by atoms with Gasteiger partial charge in [0, 0.05) is 15.8 Å². The molecule has 1 fully saturated rings. The largest absolute Gasteiger partial charge is 0.487 e. The quantitative estimate of drug-likeness (QED) is 0.686. The zero-order valence-electron chi connectivity index (χ0n) is 10.4. The Hall–Kier alpha value is -1.74. The smallest absolute Gasteiger partial charge is 0.305 e. The first-order valence-electron chi connectivity index (χ1n) is 6.37. The van der Waals surface area contributed by atoms with E-state index in [1.807, 2.05) is 18.2 Å². The molecule has 1 aliphatic carbocycles. The fraction of sp³-hybridized carbons (Fsp3) is 0.267. The summed E-state index contributed by atoms with van der Waals surface area (Å²) in [7, 11) is 0. The molecule has 1 saturated carbocycles. The van der Waals surface area contributed by atoms with Gasteiger partial charge in [-0.15, -0.1) is 0 Å². The van der Waals surface area contributed by atoms with Gasteiger partial charge in [0.2, 0.25) is 6.20 Å². The molecule has 98 valence electrons. The first-order chi connectivity index (χ1) is 9.24. The molecule has 19 heavy (non-hydrogen) atoms. The molecule has 4 heteroatoms. The average molecular weight is 277 g/mol. The molecule has 1 aliphatic rings. The van der Waals surface area contributed by atoms with Crippen LogP contribution in [0.25, 0.3) is 11.3 Å². The Morgan fingerprint density at radius 3 is 2.63 bits per heavy atom. The number of ether oxygens (including phenoxy) is 1. The molecule has 2 aromatic rings. The summed E-state index contributed by atoms with van der Waals surface area (Å²) in [4.78, 5) is 0.